The van der Waals surface area contributed by atoms with Crippen LogP contribution in [0.4, 0.5) is 6.01 Å². The molecule has 0 aliphatic carbocycles. The topological polar surface area (TPSA) is 63.8 Å². The largest absolute Gasteiger partial charge is 0.338 e. The van der Waals surface area contributed by atoms with Crippen molar-refractivity contribution in [1.82, 2.24) is 15.1 Å². The molecule has 0 bridgehead atoms. The van der Waals surface area contributed by atoms with Gasteiger partial charge in [0, 0.05) is 12.7 Å². The van der Waals surface area contributed by atoms with Crippen molar-refractivity contribution in [3.63, 3.8) is 0 Å². The average Bonchev–Trinajstić information content (AvgIpc) is 2.68. The Bertz CT molecular complexity index is 440. The van der Waals surface area contributed by atoms with Crippen molar-refractivity contribution >= 4 is 17.6 Å². The highest BCUT2D eigenvalue weighted by Gasteiger charge is 2.08. The second-order valence-corrected chi connectivity index (χ2v) is 3.25. The molecule has 5 nitrogen and oxygen atoms in total. The number of rotatable bonds is 3. The van der Waals surface area contributed by atoms with E-state index in [0.29, 0.717) is 22.6 Å². The number of nitrogens with zero attached hydrogens (tertiary/aromatic N) is 3. The predicted octanol–water partition coefficient (Wildman–Crippen LogP) is 2.22. The number of hydrogen-bond donors (Lipinski definition) is 1. The lowest BCUT2D eigenvalue weighted by molar-refractivity contribution is 0.432. The summed E-state index contributed by atoms with van der Waals surface area (Å²) in [5.41, 5.74) is 0.632. The molecule has 0 aliphatic rings. The predicted molar refractivity (Wildman–Crippen MR) is 56.7 cm³/mol. The van der Waals surface area contributed by atoms with Crippen LogP contribution in [-0.4, -0.2) is 21.7 Å². The molecular weight excluding hydrogens is 216 g/mol. The lowest BCUT2D eigenvalue weighted by Crippen LogP contribution is -1.96. The van der Waals surface area contributed by atoms with Gasteiger partial charge in [-0.05, 0) is 19.1 Å². The number of hydrogen-bond acceptors (Lipinski definition) is 5. The Morgan fingerprint density at radius 1 is 1.47 bits per heavy atom. The van der Waals surface area contributed by atoms with Crippen LogP contribution in [0.25, 0.3) is 11.5 Å². The molecule has 6 heteroatoms. The molecule has 15 heavy (non-hydrogen) atoms. The van der Waals surface area contributed by atoms with Crippen LogP contribution in [0.3, 0.4) is 0 Å². The van der Waals surface area contributed by atoms with Crippen molar-refractivity contribution in [3.05, 3.63) is 23.4 Å². The molecule has 2 aromatic rings. The Kier molecular flexibility index (Phi) is 2.82. The van der Waals surface area contributed by atoms with E-state index in [1.807, 2.05) is 6.92 Å². The molecular formula is C9H9ClN4O. The molecule has 1 N–H and O–H groups in total. The maximum atomic E-state index is 5.71. The van der Waals surface area contributed by atoms with E-state index >= 15 is 0 Å². The van der Waals surface area contributed by atoms with Crippen LogP contribution in [0.5, 0.6) is 0 Å². The van der Waals surface area contributed by atoms with E-state index in [-0.39, 0.29) is 0 Å². The van der Waals surface area contributed by atoms with Crippen LogP contribution >= 0.6 is 11.6 Å². The van der Waals surface area contributed by atoms with Gasteiger partial charge in [0.1, 0.15) is 5.69 Å². The average molecular weight is 225 g/mol. The first-order chi connectivity index (χ1) is 7.29. The summed E-state index contributed by atoms with van der Waals surface area (Å²) in [6.45, 7) is 2.68. The summed E-state index contributed by atoms with van der Waals surface area (Å²) in [7, 11) is 0. The van der Waals surface area contributed by atoms with Crippen molar-refractivity contribution in [2.45, 2.75) is 6.92 Å². The van der Waals surface area contributed by atoms with Crippen LogP contribution in [0, 0.1) is 0 Å². The first-order valence-corrected chi connectivity index (χ1v) is 4.87. The first-order valence-electron chi connectivity index (χ1n) is 4.49. The van der Waals surface area contributed by atoms with Crippen molar-refractivity contribution in [2.75, 3.05) is 11.9 Å². The minimum Gasteiger partial charge on any atom is -0.338 e. The molecule has 0 fully saturated rings. The van der Waals surface area contributed by atoms with E-state index in [9.17, 15) is 0 Å². The van der Waals surface area contributed by atoms with Gasteiger partial charge in [-0.2, -0.15) is 4.98 Å². The third kappa shape index (κ3) is 2.24. The summed E-state index contributed by atoms with van der Waals surface area (Å²) in [6.07, 6.45) is 1.54. The number of halogens is 1. The third-order valence-electron chi connectivity index (χ3n) is 1.71. The molecule has 0 spiro atoms. The third-order valence-corrected chi connectivity index (χ3v) is 1.93. The number of nitrogens with one attached hydrogen (secondary N) is 1. The molecule has 2 aromatic heterocycles. The van der Waals surface area contributed by atoms with E-state index in [1.165, 1.54) is 0 Å². The quantitative estimate of drug-likeness (QED) is 0.866. The van der Waals surface area contributed by atoms with Crippen molar-refractivity contribution in [3.8, 4) is 11.5 Å². The maximum absolute atomic E-state index is 5.71. The van der Waals surface area contributed by atoms with Gasteiger partial charge in [-0.15, -0.1) is 0 Å². The minimum absolute atomic E-state index is 0.393. The van der Waals surface area contributed by atoms with Gasteiger partial charge in [-0.25, -0.2) is 0 Å². The zero-order chi connectivity index (χ0) is 10.7. The van der Waals surface area contributed by atoms with E-state index in [4.69, 9.17) is 16.1 Å². The Labute approximate surface area is 91.5 Å². The molecule has 0 radical (unpaired) electrons. The van der Waals surface area contributed by atoms with E-state index in [1.54, 1.807) is 18.3 Å². The summed E-state index contributed by atoms with van der Waals surface area (Å²) in [6, 6.07) is 3.86. The summed E-state index contributed by atoms with van der Waals surface area (Å²) < 4.78 is 4.94. The zero-order valence-corrected chi connectivity index (χ0v) is 8.82. The fraction of sp³-hybridized carbons (Fsp3) is 0.222. The van der Waals surface area contributed by atoms with Gasteiger partial charge in [0.2, 0.25) is 5.82 Å². The van der Waals surface area contributed by atoms with Crippen LogP contribution in [0.1, 0.15) is 6.92 Å². The van der Waals surface area contributed by atoms with Gasteiger partial charge in [-0.1, -0.05) is 16.8 Å². The molecule has 0 saturated heterocycles. The van der Waals surface area contributed by atoms with Crippen molar-refractivity contribution < 1.29 is 4.52 Å². The second kappa shape index (κ2) is 4.27. The summed E-state index contributed by atoms with van der Waals surface area (Å²) >= 11 is 5.71. The highest BCUT2D eigenvalue weighted by atomic mass is 35.5. The summed E-state index contributed by atoms with van der Waals surface area (Å²) in [5, 5.41) is 7.27. The molecule has 0 unspecified atom stereocenters. The van der Waals surface area contributed by atoms with Crippen LogP contribution < -0.4 is 5.32 Å². The van der Waals surface area contributed by atoms with Gasteiger partial charge in [-0.3, -0.25) is 4.98 Å². The van der Waals surface area contributed by atoms with E-state index in [0.717, 1.165) is 6.54 Å². The minimum atomic E-state index is 0.393. The molecule has 0 saturated carbocycles. The number of aromatic nitrogens is 3. The van der Waals surface area contributed by atoms with Crippen LogP contribution in [-0.2, 0) is 0 Å². The molecule has 2 rings (SSSR count). The molecule has 0 atom stereocenters. The Balaban J connectivity index is 2.25. The standard InChI is InChI=1S/C9H9ClN4O/c1-2-11-9-13-8(14-15-9)7-4-3-6(10)5-12-7/h3-5H,2H2,1H3,(H,11,13,14). The summed E-state index contributed by atoms with van der Waals surface area (Å²) in [5.74, 6) is 0.447. The summed E-state index contributed by atoms with van der Waals surface area (Å²) in [4.78, 5) is 8.18. The van der Waals surface area contributed by atoms with Gasteiger partial charge >= 0.3 is 6.01 Å². The molecule has 0 aliphatic heterocycles. The van der Waals surface area contributed by atoms with Crippen LogP contribution in [0.2, 0.25) is 5.02 Å². The van der Waals surface area contributed by atoms with Gasteiger partial charge in [0.15, 0.2) is 0 Å². The first kappa shape index (κ1) is 9.92. The zero-order valence-electron chi connectivity index (χ0n) is 8.07. The maximum Gasteiger partial charge on any atom is 0.321 e. The Morgan fingerprint density at radius 2 is 2.33 bits per heavy atom. The van der Waals surface area contributed by atoms with Gasteiger partial charge < -0.3 is 9.84 Å². The molecule has 2 heterocycles. The Morgan fingerprint density at radius 3 is 3.00 bits per heavy atom. The SMILES string of the molecule is CCNc1nc(-c2ccc(Cl)cn2)no1. The Hall–Kier alpha value is -1.62. The van der Waals surface area contributed by atoms with Gasteiger partial charge in [0.05, 0.1) is 5.02 Å². The fourth-order valence-electron chi connectivity index (χ4n) is 1.06. The molecule has 0 aromatic carbocycles. The van der Waals surface area contributed by atoms with E-state index < -0.39 is 0 Å². The van der Waals surface area contributed by atoms with Crippen molar-refractivity contribution in [2.24, 2.45) is 0 Å². The number of anilines is 1. The van der Waals surface area contributed by atoms with Crippen molar-refractivity contribution in [1.29, 1.82) is 0 Å². The number of pyridine rings is 1. The lowest BCUT2D eigenvalue weighted by Gasteiger charge is -1.92. The highest BCUT2D eigenvalue weighted by molar-refractivity contribution is 6.30. The molecule has 0 amide bonds. The lowest BCUT2D eigenvalue weighted by atomic mass is 10.3. The highest BCUT2D eigenvalue weighted by Crippen LogP contribution is 2.16. The monoisotopic (exact) mass is 224 g/mol. The molecule has 78 valence electrons. The fourth-order valence-corrected chi connectivity index (χ4v) is 1.17. The second-order valence-electron chi connectivity index (χ2n) is 2.82. The van der Waals surface area contributed by atoms with E-state index in [2.05, 4.69) is 20.4 Å². The van der Waals surface area contributed by atoms with Gasteiger partial charge in [0.25, 0.3) is 0 Å². The normalized spacial score (nSPS) is 10.3. The smallest absolute Gasteiger partial charge is 0.321 e. The van der Waals surface area contributed by atoms with Crippen LogP contribution in [0.15, 0.2) is 22.9 Å².